The highest BCUT2D eigenvalue weighted by molar-refractivity contribution is 6.36. The van der Waals surface area contributed by atoms with Crippen LogP contribution in [0.25, 0.3) is 0 Å². The van der Waals surface area contributed by atoms with Crippen LogP contribution in [0.2, 0.25) is 10.0 Å². The van der Waals surface area contributed by atoms with E-state index in [0.717, 1.165) is 0 Å². The summed E-state index contributed by atoms with van der Waals surface area (Å²) >= 11 is 11.7. The summed E-state index contributed by atoms with van der Waals surface area (Å²) in [5.74, 6) is -0.347. The van der Waals surface area contributed by atoms with Crippen LogP contribution in [0.5, 0.6) is 0 Å². The topological polar surface area (TPSA) is 58.2 Å². The van der Waals surface area contributed by atoms with Gasteiger partial charge in [-0.2, -0.15) is 0 Å². The quantitative estimate of drug-likeness (QED) is 0.877. The Bertz CT molecular complexity index is 519. The van der Waals surface area contributed by atoms with Crippen LogP contribution in [-0.4, -0.2) is 18.4 Å². The van der Waals surface area contributed by atoms with E-state index in [9.17, 15) is 9.59 Å². The van der Waals surface area contributed by atoms with Crippen molar-refractivity contribution in [2.75, 3.05) is 11.9 Å². The van der Waals surface area contributed by atoms with Gasteiger partial charge in [-0.15, -0.1) is 0 Å². The monoisotopic (exact) mass is 286 g/mol. The molecule has 1 aromatic rings. The molecule has 0 saturated carbocycles. The number of benzene rings is 1. The summed E-state index contributed by atoms with van der Waals surface area (Å²) in [5.41, 5.74) is -0.244. The van der Waals surface area contributed by atoms with Gasteiger partial charge in [-0.1, -0.05) is 23.2 Å². The lowest BCUT2D eigenvalue weighted by molar-refractivity contribution is -0.126. The standard InChI is InChI=1S/C12H12Cl2N2O2/c1-12(5-10(17)15-6-12)11(18)16-9-3-2-7(13)4-8(9)14/h2-4H,5-6H2,1H3,(H,15,17)(H,16,18). The van der Waals surface area contributed by atoms with Gasteiger partial charge < -0.3 is 10.6 Å². The molecule has 1 unspecified atom stereocenters. The van der Waals surface area contributed by atoms with E-state index < -0.39 is 5.41 Å². The van der Waals surface area contributed by atoms with Gasteiger partial charge in [-0.25, -0.2) is 0 Å². The third-order valence-corrected chi connectivity index (χ3v) is 3.50. The van der Waals surface area contributed by atoms with E-state index in [1.165, 1.54) is 0 Å². The van der Waals surface area contributed by atoms with Crippen molar-refractivity contribution in [1.29, 1.82) is 0 Å². The van der Waals surface area contributed by atoms with Crippen LogP contribution in [0.4, 0.5) is 5.69 Å². The molecule has 1 atom stereocenters. The zero-order valence-electron chi connectivity index (χ0n) is 9.72. The second kappa shape index (κ2) is 4.78. The molecule has 2 N–H and O–H groups in total. The highest BCUT2D eigenvalue weighted by Crippen LogP contribution is 2.30. The Labute approximate surface area is 115 Å². The first-order chi connectivity index (χ1) is 8.40. The Kier molecular flexibility index (Phi) is 3.50. The third kappa shape index (κ3) is 2.60. The predicted octanol–water partition coefficient (Wildman–Crippen LogP) is 2.46. The molecule has 6 heteroatoms. The van der Waals surface area contributed by atoms with Gasteiger partial charge in [0.2, 0.25) is 11.8 Å². The van der Waals surface area contributed by atoms with Gasteiger partial charge in [0, 0.05) is 18.0 Å². The van der Waals surface area contributed by atoms with E-state index in [1.807, 2.05) is 0 Å². The molecule has 0 aromatic heterocycles. The fraction of sp³-hybridized carbons (Fsp3) is 0.333. The molecular formula is C12H12Cl2N2O2. The first-order valence-electron chi connectivity index (χ1n) is 5.44. The highest BCUT2D eigenvalue weighted by atomic mass is 35.5. The summed E-state index contributed by atoms with van der Waals surface area (Å²) in [7, 11) is 0. The summed E-state index contributed by atoms with van der Waals surface area (Å²) in [5, 5.41) is 6.24. The largest absolute Gasteiger partial charge is 0.355 e. The molecule has 1 saturated heterocycles. The summed E-state index contributed by atoms with van der Waals surface area (Å²) in [4.78, 5) is 23.3. The Morgan fingerprint density at radius 2 is 2.17 bits per heavy atom. The van der Waals surface area contributed by atoms with Crippen molar-refractivity contribution in [2.45, 2.75) is 13.3 Å². The molecule has 0 radical (unpaired) electrons. The number of hydrogen-bond acceptors (Lipinski definition) is 2. The van der Waals surface area contributed by atoms with Crippen LogP contribution in [0.1, 0.15) is 13.3 Å². The van der Waals surface area contributed by atoms with Gasteiger partial charge in [0.05, 0.1) is 16.1 Å². The Morgan fingerprint density at radius 1 is 1.44 bits per heavy atom. The number of rotatable bonds is 2. The van der Waals surface area contributed by atoms with Crippen molar-refractivity contribution in [3.63, 3.8) is 0 Å². The maximum Gasteiger partial charge on any atom is 0.232 e. The van der Waals surface area contributed by atoms with Crippen LogP contribution in [0.3, 0.4) is 0 Å². The molecule has 4 nitrogen and oxygen atoms in total. The average molecular weight is 287 g/mol. The van der Waals surface area contributed by atoms with Crippen molar-refractivity contribution in [2.24, 2.45) is 5.41 Å². The van der Waals surface area contributed by atoms with Gasteiger partial charge in [-0.3, -0.25) is 9.59 Å². The first-order valence-corrected chi connectivity index (χ1v) is 6.19. The number of halogens is 2. The Hall–Kier alpha value is -1.26. The first kappa shape index (κ1) is 13.2. The molecule has 1 aromatic carbocycles. The second-order valence-corrected chi connectivity index (χ2v) is 5.44. The SMILES string of the molecule is CC1(C(=O)Nc2ccc(Cl)cc2Cl)CNC(=O)C1. The van der Waals surface area contributed by atoms with E-state index in [1.54, 1.807) is 25.1 Å². The van der Waals surface area contributed by atoms with E-state index in [0.29, 0.717) is 22.3 Å². The smallest absolute Gasteiger partial charge is 0.232 e. The number of nitrogens with one attached hydrogen (secondary N) is 2. The lowest BCUT2D eigenvalue weighted by Gasteiger charge is -2.20. The minimum Gasteiger partial charge on any atom is -0.355 e. The number of anilines is 1. The maximum absolute atomic E-state index is 12.1. The average Bonchev–Trinajstić information content (AvgIpc) is 2.64. The molecule has 1 fully saturated rings. The molecule has 1 aliphatic rings. The molecule has 2 rings (SSSR count). The van der Waals surface area contributed by atoms with Gasteiger partial charge in [-0.05, 0) is 25.1 Å². The molecule has 2 amide bonds. The third-order valence-electron chi connectivity index (χ3n) is 2.95. The van der Waals surface area contributed by atoms with Gasteiger partial charge in [0.1, 0.15) is 0 Å². The van der Waals surface area contributed by atoms with Crippen LogP contribution in [0.15, 0.2) is 18.2 Å². The summed E-state index contributed by atoms with van der Waals surface area (Å²) in [6, 6.07) is 4.83. The Morgan fingerprint density at radius 3 is 2.72 bits per heavy atom. The lowest BCUT2D eigenvalue weighted by atomic mass is 9.88. The van der Waals surface area contributed by atoms with Crippen LogP contribution in [0, 0.1) is 5.41 Å². The lowest BCUT2D eigenvalue weighted by Crippen LogP contribution is -2.35. The number of hydrogen-bond donors (Lipinski definition) is 2. The fourth-order valence-electron chi connectivity index (χ4n) is 1.80. The summed E-state index contributed by atoms with van der Waals surface area (Å²) in [6.07, 6.45) is 0.185. The highest BCUT2D eigenvalue weighted by Gasteiger charge is 2.40. The molecule has 0 bridgehead atoms. The summed E-state index contributed by atoms with van der Waals surface area (Å²) < 4.78 is 0. The zero-order valence-corrected chi connectivity index (χ0v) is 11.2. The van der Waals surface area contributed by atoms with E-state index >= 15 is 0 Å². The van der Waals surface area contributed by atoms with Crippen LogP contribution < -0.4 is 10.6 Å². The summed E-state index contributed by atoms with van der Waals surface area (Å²) in [6.45, 7) is 2.08. The molecular weight excluding hydrogens is 275 g/mol. The molecule has 1 aliphatic heterocycles. The minimum atomic E-state index is -0.736. The van der Waals surface area contributed by atoms with E-state index in [2.05, 4.69) is 10.6 Å². The second-order valence-electron chi connectivity index (χ2n) is 4.59. The van der Waals surface area contributed by atoms with Gasteiger partial charge in [0.15, 0.2) is 0 Å². The van der Waals surface area contributed by atoms with Gasteiger partial charge in [0.25, 0.3) is 0 Å². The molecule has 0 spiro atoms. The normalized spacial score (nSPS) is 22.7. The maximum atomic E-state index is 12.1. The number of carbonyl (C=O) groups excluding carboxylic acids is 2. The Balaban J connectivity index is 2.14. The van der Waals surface area contributed by atoms with Crippen molar-refractivity contribution in [3.05, 3.63) is 28.2 Å². The van der Waals surface area contributed by atoms with E-state index in [-0.39, 0.29) is 18.2 Å². The van der Waals surface area contributed by atoms with Crippen molar-refractivity contribution in [3.8, 4) is 0 Å². The minimum absolute atomic E-state index is 0.116. The van der Waals surface area contributed by atoms with Crippen molar-refractivity contribution < 1.29 is 9.59 Å². The fourth-order valence-corrected chi connectivity index (χ4v) is 2.25. The molecule has 1 heterocycles. The van der Waals surface area contributed by atoms with Crippen LogP contribution >= 0.6 is 23.2 Å². The van der Waals surface area contributed by atoms with Crippen LogP contribution in [-0.2, 0) is 9.59 Å². The molecule has 0 aliphatic carbocycles. The van der Waals surface area contributed by atoms with Crippen molar-refractivity contribution in [1.82, 2.24) is 5.32 Å². The van der Waals surface area contributed by atoms with E-state index in [4.69, 9.17) is 23.2 Å². The molecule has 18 heavy (non-hydrogen) atoms. The van der Waals surface area contributed by atoms with Crippen molar-refractivity contribution >= 4 is 40.7 Å². The number of amides is 2. The predicted molar refractivity (Wildman–Crippen MR) is 70.8 cm³/mol. The zero-order chi connectivity index (χ0) is 13.3. The molecule has 96 valence electrons. The van der Waals surface area contributed by atoms with Gasteiger partial charge >= 0.3 is 0 Å². The number of carbonyl (C=O) groups is 2.